The van der Waals surface area contributed by atoms with Crippen molar-refractivity contribution in [3.63, 3.8) is 0 Å². The first kappa shape index (κ1) is 46.4. The first-order chi connectivity index (χ1) is 37.8. The van der Waals surface area contributed by atoms with Gasteiger partial charge in [0.25, 0.3) is 6.71 Å². The maximum absolute atomic E-state index is 2.68. The van der Waals surface area contributed by atoms with Gasteiger partial charge < -0.3 is 14.4 Å². The monoisotopic (exact) mass is 987 g/mol. The highest BCUT2D eigenvalue weighted by molar-refractivity contribution is 7.00. The number of hydrogen-bond donors (Lipinski definition) is 0. The summed E-state index contributed by atoms with van der Waals surface area (Å²) in [5.41, 5.74) is 26.5. The molecule has 3 heterocycles. The lowest BCUT2D eigenvalue weighted by molar-refractivity contribution is 0.590. The third kappa shape index (κ3) is 7.73. The molecule has 0 bridgehead atoms. The molecule has 0 saturated heterocycles. The SMILES string of the molecule is CCCc1ccc(-c2ccccc2)cc1N1c2ccc(-c3ccccc3)cc2B2c3ccc(-n4c5ccccc5c5ccccc54)cc3N(c3c(-c4ccccc4)cccc3-c3ccccc3)c3cc(C(C)(C)C)cc1c32. The summed E-state index contributed by atoms with van der Waals surface area (Å²) in [5.74, 6) is 0. The van der Waals surface area contributed by atoms with Crippen molar-refractivity contribution < 1.29 is 0 Å². The van der Waals surface area contributed by atoms with Crippen molar-refractivity contribution in [3.8, 4) is 50.2 Å². The summed E-state index contributed by atoms with van der Waals surface area (Å²) in [6.07, 6.45) is 1.98. The lowest BCUT2D eigenvalue weighted by atomic mass is 9.33. The zero-order valence-corrected chi connectivity index (χ0v) is 44.1. The number of para-hydroxylation sites is 3. The molecule has 0 aliphatic carbocycles. The minimum atomic E-state index is -0.208. The van der Waals surface area contributed by atoms with Crippen LogP contribution in [0, 0.1) is 0 Å². The normalized spacial score (nSPS) is 12.7. The highest BCUT2D eigenvalue weighted by Crippen LogP contribution is 2.52. The zero-order chi connectivity index (χ0) is 51.8. The van der Waals surface area contributed by atoms with Gasteiger partial charge in [0, 0.05) is 56.0 Å². The van der Waals surface area contributed by atoms with E-state index in [0.717, 1.165) is 24.2 Å². The van der Waals surface area contributed by atoms with Gasteiger partial charge in [0.05, 0.1) is 16.7 Å². The quantitative estimate of drug-likeness (QED) is 0.134. The Labute approximate surface area is 453 Å². The minimum Gasteiger partial charge on any atom is -0.311 e. The largest absolute Gasteiger partial charge is 0.311 e. The Hall–Kier alpha value is -9.12. The Morgan fingerprint density at radius 2 is 0.896 bits per heavy atom. The minimum absolute atomic E-state index is 0.113. The molecule has 0 spiro atoms. The molecule has 2 aliphatic rings. The summed E-state index contributed by atoms with van der Waals surface area (Å²) in [7, 11) is 0. The van der Waals surface area contributed by atoms with Crippen LogP contribution in [0.25, 0.3) is 72.0 Å². The molecule has 2 aliphatic heterocycles. The first-order valence-corrected chi connectivity index (χ1v) is 27.3. The van der Waals surface area contributed by atoms with E-state index in [2.05, 4.69) is 297 Å². The topological polar surface area (TPSA) is 11.4 Å². The number of aryl methyl sites for hydroxylation is 1. The van der Waals surface area contributed by atoms with Crippen molar-refractivity contribution in [2.75, 3.05) is 9.80 Å². The van der Waals surface area contributed by atoms with Gasteiger partial charge in [0.2, 0.25) is 0 Å². The molecule has 77 heavy (non-hydrogen) atoms. The Morgan fingerprint density at radius 1 is 0.377 bits per heavy atom. The number of nitrogens with zero attached hydrogens (tertiary/aromatic N) is 3. The van der Waals surface area contributed by atoms with Crippen LogP contribution in [0.15, 0.2) is 255 Å². The van der Waals surface area contributed by atoms with Crippen LogP contribution in [0.1, 0.15) is 45.2 Å². The second-order valence-corrected chi connectivity index (χ2v) is 21.9. The molecule has 0 fully saturated rings. The Bertz CT molecular complexity index is 4100. The number of anilines is 6. The van der Waals surface area contributed by atoms with Crippen molar-refractivity contribution in [2.45, 2.75) is 46.0 Å². The number of hydrogen-bond acceptors (Lipinski definition) is 2. The molecule has 368 valence electrons. The van der Waals surface area contributed by atoms with Crippen molar-refractivity contribution in [3.05, 3.63) is 266 Å². The highest BCUT2D eigenvalue weighted by Gasteiger charge is 2.45. The highest BCUT2D eigenvalue weighted by atomic mass is 15.2. The molecule has 0 amide bonds. The van der Waals surface area contributed by atoms with Crippen molar-refractivity contribution in [1.29, 1.82) is 0 Å². The van der Waals surface area contributed by atoms with Crippen molar-refractivity contribution >= 4 is 79.0 Å². The van der Waals surface area contributed by atoms with Gasteiger partial charge >= 0.3 is 0 Å². The average Bonchev–Trinajstić information content (AvgIpc) is 4.00. The van der Waals surface area contributed by atoms with Crippen LogP contribution in [-0.2, 0) is 11.8 Å². The van der Waals surface area contributed by atoms with Crippen LogP contribution in [0.5, 0.6) is 0 Å². The van der Waals surface area contributed by atoms with Crippen LogP contribution >= 0.6 is 0 Å². The Balaban J connectivity index is 1.15. The molecule has 3 nitrogen and oxygen atoms in total. The summed E-state index contributed by atoms with van der Waals surface area (Å²) < 4.78 is 2.48. The second-order valence-electron chi connectivity index (χ2n) is 21.9. The Morgan fingerprint density at radius 3 is 1.47 bits per heavy atom. The van der Waals surface area contributed by atoms with E-state index in [9.17, 15) is 0 Å². The van der Waals surface area contributed by atoms with E-state index < -0.39 is 0 Å². The lowest BCUT2D eigenvalue weighted by Gasteiger charge is -2.46. The van der Waals surface area contributed by atoms with Gasteiger partial charge in [-0.3, -0.25) is 0 Å². The van der Waals surface area contributed by atoms with Crippen LogP contribution in [0.3, 0.4) is 0 Å². The van der Waals surface area contributed by atoms with Gasteiger partial charge in [-0.1, -0.05) is 240 Å². The molecule has 11 aromatic carbocycles. The predicted octanol–water partition coefficient (Wildman–Crippen LogP) is 17.8. The average molecular weight is 988 g/mol. The fourth-order valence-electron chi connectivity index (χ4n) is 12.6. The molecule has 14 rings (SSSR count). The smallest absolute Gasteiger partial charge is 0.252 e. The fourth-order valence-corrected chi connectivity index (χ4v) is 12.6. The third-order valence-electron chi connectivity index (χ3n) is 16.2. The number of fused-ring (bicyclic) bond motifs is 7. The van der Waals surface area contributed by atoms with Gasteiger partial charge in [-0.2, -0.15) is 0 Å². The van der Waals surface area contributed by atoms with E-state index in [-0.39, 0.29) is 12.1 Å². The first-order valence-electron chi connectivity index (χ1n) is 27.3. The summed E-state index contributed by atoms with van der Waals surface area (Å²) in [6, 6.07) is 95.5. The number of aromatic nitrogens is 1. The zero-order valence-electron chi connectivity index (χ0n) is 44.1. The molecule has 4 heteroatoms. The van der Waals surface area contributed by atoms with E-state index in [1.807, 2.05) is 0 Å². The summed E-state index contributed by atoms with van der Waals surface area (Å²) >= 11 is 0. The molecular weight excluding hydrogens is 930 g/mol. The standard InChI is InChI=1S/C73H58BN3/c1-5-23-53-38-39-55(50-26-12-7-13-27-50)45-67(53)76-66-43-40-54(49-24-10-6-11-25-49)44-63(66)74-62-42-41-57(75-64-36-20-18-32-60(64)61-33-19-21-37-65(61)75)48-68(62)77(70-47-56(73(2,3)4)46-69(76)71(70)74)72-58(51-28-14-8-15-29-51)34-22-35-59(72)52-30-16-9-17-31-52/h6-22,24-48H,5,23H2,1-4H3. The molecule has 12 aromatic rings. The molecule has 0 radical (unpaired) electrons. The van der Waals surface area contributed by atoms with Crippen LogP contribution in [0.4, 0.5) is 34.1 Å². The van der Waals surface area contributed by atoms with Gasteiger partial charge in [-0.15, -0.1) is 0 Å². The predicted molar refractivity (Wildman–Crippen MR) is 329 cm³/mol. The Kier molecular flexibility index (Phi) is 11.2. The summed E-state index contributed by atoms with van der Waals surface area (Å²) in [4.78, 5) is 5.34. The van der Waals surface area contributed by atoms with Gasteiger partial charge in [-0.25, -0.2) is 0 Å². The van der Waals surface area contributed by atoms with E-state index in [4.69, 9.17) is 0 Å². The maximum atomic E-state index is 2.68. The van der Waals surface area contributed by atoms with Crippen LogP contribution in [0.2, 0.25) is 0 Å². The van der Waals surface area contributed by atoms with Crippen LogP contribution in [-0.4, -0.2) is 11.3 Å². The summed E-state index contributed by atoms with van der Waals surface area (Å²) in [5, 5.41) is 2.49. The van der Waals surface area contributed by atoms with Gasteiger partial charge in [0.15, 0.2) is 0 Å². The van der Waals surface area contributed by atoms with E-state index in [1.54, 1.807) is 0 Å². The van der Waals surface area contributed by atoms with E-state index in [1.165, 1.54) is 122 Å². The third-order valence-corrected chi connectivity index (χ3v) is 16.2. The fraction of sp³-hybridized carbons (Fsp3) is 0.0959. The van der Waals surface area contributed by atoms with Crippen LogP contribution < -0.4 is 26.2 Å². The van der Waals surface area contributed by atoms with Crippen molar-refractivity contribution in [2.24, 2.45) is 0 Å². The maximum Gasteiger partial charge on any atom is 0.252 e. The molecule has 0 saturated carbocycles. The van der Waals surface area contributed by atoms with E-state index >= 15 is 0 Å². The van der Waals surface area contributed by atoms with Gasteiger partial charge in [-0.05, 0) is 121 Å². The second kappa shape index (κ2) is 18.6. The van der Waals surface area contributed by atoms with Crippen molar-refractivity contribution in [1.82, 2.24) is 4.57 Å². The van der Waals surface area contributed by atoms with Gasteiger partial charge in [0.1, 0.15) is 0 Å². The molecule has 1 aromatic heterocycles. The molecular formula is C73H58BN3. The number of benzene rings is 11. The summed E-state index contributed by atoms with van der Waals surface area (Å²) in [6.45, 7) is 9.32. The molecule has 0 N–H and O–H groups in total. The molecule has 0 atom stereocenters. The van der Waals surface area contributed by atoms with E-state index in [0.29, 0.717) is 0 Å². The molecule has 0 unspecified atom stereocenters. The number of rotatable bonds is 9. The lowest BCUT2D eigenvalue weighted by Crippen LogP contribution is -2.61.